The lowest BCUT2D eigenvalue weighted by molar-refractivity contribution is -0.150. The van der Waals surface area contributed by atoms with Crippen molar-refractivity contribution >= 4 is 63.7 Å². The summed E-state index contributed by atoms with van der Waals surface area (Å²) >= 11 is 2.14. The van der Waals surface area contributed by atoms with Crippen LogP contribution in [0.3, 0.4) is 0 Å². The highest BCUT2D eigenvalue weighted by Gasteiger charge is 2.36. The molecule has 3 amide bonds. The van der Waals surface area contributed by atoms with Gasteiger partial charge in [0, 0.05) is 55.4 Å². The summed E-state index contributed by atoms with van der Waals surface area (Å²) in [7, 11) is 0. The summed E-state index contributed by atoms with van der Waals surface area (Å²) in [6.45, 7) is 8.47. The van der Waals surface area contributed by atoms with E-state index in [1.807, 2.05) is 27.7 Å². The predicted octanol–water partition coefficient (Wildman–Crippen LogP) is 2.48. The number of anilines is 2. The van der Waals surface area contributed by atoms with Gasteiger partial charge in [0.15, 0.2) is 0 Å². The van der Waals surface area contributed by atoms with Gasteiger partial charge in [0.25, 0.3) is 0 Å². The van der Waals surface area contributed by atoms with Crippen LogP contribution >= 0.6 is 28.4 Å². The topological polar surface area (TPSA) is 118 Å². The second-order valence-corrected chi connectivity index (χ2v) is 9.88. The standard InChI is InChI=1S/C18H26IN6O3P/c1-11-10-24(5-6-25(11)17(28)18(2,3)4)16(27)15(26)22-13-9-21-8-12(7-20)14(13)23-29-19/h7-9,11,20,29H,5-6,10H2,1-4H3,(H,21,23)(H,22,26). The molecule has 1 aromatic rings. The number of pyridine rings is 1. The first-order chi connectivity index (χ1) is 13.6. The molecule has 158 valence electrons. The molecule has 2 atom stereocenters. The Morgan fingerprint density at radius 3 is 2.55 bits per heavy atom. The van der Waals surface area contributed by atoms with E-state index in [1.165, 1.54) is 17.3 Å². The first-order valence-electron chi connectivity index (χ1n) is 9.11. The second-order valence-electron chi connectivity index (χ2n) is 7.82. The monoisotopic (exact) mass is 532 g/mol. The Labute approximate surface area is 185 Å². The minimum absolute atomic E-state index is 0.0337. The molecule has 0 bridgehead atoms. The van der Waals surface area contributed by atoms with Gasteiger partial charge in [-0.2, -0.15) is 0 Å². The van der Waals surface area contributed by atoms with Crippen LogP contribution in [0.5, 0.6) is 0 Å². The summed E-state index contributed by atoms with van der Waals surface area (Å²) in [5, 5.41) is 13.2. The third-order valence-corrected chi connectivity index (χ3v) is 5.72. The minimum atomic E-state index is -0.767. The number of halogens is 1. The summed E-state index contributed by atoms with van der Waals surface area (Å²) in [4.78, 5) is 45.0. The van der Waals surface area contributed by atoms with Gasteiger partial charge in [-0.15, -0.1) is 0 Å². The van der Waals surface area contributed by atoms with Gasteiger partial charge in [-0.05, 0) is 29.0 Å². The van der Waals surface area contributed by atoms with Crippen molar-refractivity contribution in [1.82, 2.24) is 14.8 Å². The normalized spacial score (nSPS) is 17.3. The maximum absolute atomic E-state index is 12.7. The fraction of sp³-hybridized carbons (Fsp3) is 0.500. The molecule has 0 spiro atoms. The van der Waals surface area contributed by atoms with E-state index >= 15 is 0 Å². The molecule has 1 fully saturated rings. The zero-order valence-corrected chi connectivity index (χ0v) is 20.0. The quantitative estimate of drug-likeness (QED) is 0.239. The van der Waals surface area contributed by atoms with Gasteiger partial charge in [-0.1, -0.05) is 20.8 Å². The van der Waals surface area contributed by atoms with E-state index in [2.05, 4.69) is 37.4 Å². The fourth-order valence-corrected chi connectivity index (χ4v) is 4.24. The lowest BCUT2D eigenvalue weighted by Crippen LogP contribution is -2.58. The molecule has 1 aromatic heterocycles. The summed E-state index contributed by atoms with van der Waals surface area (Å²) in [5.74, 6) is -1.38. The Balaban J connectivity index is 2.08. The Morgan fingerprint density at radius 1 is 1.31 bits per heavy atom. The number of hydrogen-bond donors (Lipinski definition) is 3. The van der Waals surface area contributed by atoms with E-state index in [9.17, 15) is 14.4 Å². The summed E-state index contributed by atoms with van der Waals surface area (Å²) in [6.07, 6.45) is 4.41. The van der Waals surface area contributed by atoms with Gasteiger partial charge in [0.2, 0.25) is 5.91 Å². The fourth-order valence-electron chi connectivity index (χ4n) is 3.06. The number of rotatable bonds is 4. The van der Waals surface area contributed by atoms with Crippen LogP contribution in [0.4, 0.5) is 11.4 Å². The average molecular weight is 532 g/mol. The molecular weight excluding hydrogens is 506 g/mol. The van der Waals surface area contributed by atoms with Crippen molar-refractivity contribution in [2.45, 2.75) is 33.7 Å². The summed E-state index contributed by atoms with van der Waals surface area (Å²) in [6, 6.07) is -0.174. The van der Waals surface area contributed by atoms with Crippen LogP contribution in [0, 0.1) is 10.8 Å². The molecule has 3 N–H and O–H groups in total. The SMILES string of the molecule is CC1CN(C(=O)C(=O)Nc2cncc(C=N)c2NPI)CCN1C(=O)C(C)(C)C. The molecule has 2 heterocycles. The van der Waals surface area contributed by atoms with E-state index in [-0.39, 0.29) is 11.9 Å². The van der Waals surface area contributed by atoms with Crippen LogP contribution in [-0.4, -0.2) is 64.4 Å². The molecule has 9 nitrogen and oxygen atoms in total. The molecule has 11 heteroatoms. The van der Waals surface area contributed by atoms with Crippen LogP contribution in [0.1, 0.15) is 33.3 Å². The van der Waals surface area contributed by atoms with E-state index in [0.717, 1.165) is 6.21 Å². The molecule has 29 heavy (non-hydrogen) atoms. The number of amides is 3. The van der Waals surface area contributed by atoms with Crippen molar-refractivity contribution in [2.24, 2.45) is 5.41 Å². The molecule has 1 aliphatic heterocycles. The van der Waals surface area contributed by atoms with Gasteiger partial charge in [-0.25, -0.2) is 0 Å². The molecule has 0 aliphatic carbocycles. The Morgan fingerprint density at radius 2 is 2.00 bits per heavy atom. The van der Waals surface area contributed by atoms with Crippen molar-refractivity contribution in [1.29, 1.82) is 5.41 Å². The zero-order chi connectivity index (χ0) is 21.8. The molecule has 0 saturated carbocycles. The maximum atomic E-state index is 12.7. The molecule has 0 aromatic carbocycles. The van der Waals surface area contributed by atoms with Gasteiger partial charge in [0.05, 0.1) is 17.6 Å². The molecular formula is C18H26IN6O3P. The minimum Gasteiger partial charge on any atom is -0.356 e. The van der Waals surface area contributed by atoms with Crippen molar-refractivity contribution in [3.8, 4) is 0 Å². The lowest BCUT2D eigenvalue weighted by atomic mass is 9.93. The van der Waals surface area contributed by atoms with Crippen molar-refractivity contribution in [3.05, 3.63) is 18.0 Å². The molecule has 2 unspecified atom stereocenters. The number of carbonyl (C=O) groups excluding carboxylic acids is 3. The Hall–Kier alpha value is -1.81. The molecule has 1 aliphatic rings. The van der Waals surface area contributed by atoms with Crippen LogP contribution in [0.2, 0.25) is 0 Å². The highest BCUT2D eigenvalue weighted by molar-refractivity contribution is 14.2. The highest BCUT2D eigenvalue weighted by atomic mass is 127. The van der Waals surface area contributed by atoms with Gasteiger partial charge in [0.1, 0.15) is 0 Å². The third kappa shape index (κ3) is 5.63. The largest absolute Gasteiger partial charge is 0.356 e. The maximum Gasteiger partial charge on any atom is 0.314 e. The van der Waals surface area contributed by atoms with Crippen LogP contribution in [0.15, 0.2) is 12.4 Å². The Kier molecular flexibility index (Phi) is 7.93. The van der Waals surface area contributed by atoms with E-state index in [1.54, 1.807) is 4.90 Å². The van der Waals surface area contributed by atoms with Gasteiger partial charge in [-0.3, -0.25) is 19.4 Å². The van der Waals surface area contributed by atoms with Crippen molar-refractivity contribution < 1.29 is 14.4 Å². The highest BCUT2D eigenvalue weighted by Crippen LogP contribution is 2.32. The first kappa shape index (κ1) is 23.5. The van der Waals surface area contributed by atoms with E-state index in [4.69, 9.17) is 5.41 Å². The second kappa shape index (κ2) is 9.80. The predicted molar refractivity (Wildman–Crippen MR) is 124 cm³/mol. The number of carbonyl (C=O) groups is 3. The van der Waals surface area contributed by atoms with Crippen molar-refractivity contribution in [2.75, 3.05) is 30.0 Å². The summed E-state index contributed by atoms with van der Waals surface area (Å²) in [5.41, 5.74) is 0.927. The van der Waals surface area contributed by atoms with Crippen LogP contribution < -0.4 is 10.4 Å². The molecule has 0 radical (unpaired) electrons. The number of aromatic nitrogens is 1. The van der Waals surface area contributed by atoms with Gasteiger partial charge < -0.3 is 25.6 Å². The average Bonchev–Trinajstić information content (AvgIpc) is 2.67. The smallest absolute Gasteiger partial charge is 0.314 e. The van der Waals surface area contributed by atoms with E-state index in [0.29, 0.717) is 42.9 Å². The number of nitrogens with one attached hydrogen (secondary N) is 3. The van der Waals surface area contributed by atoms with Crippen molar-refractivity contribution in [3.63, 3.8) is 0 Å². The number of hydrogen-bond acceptors (Lipinski definition) is 6. The third-order valence-electron chi connectivity index (χ3n) is 4.56. The number of piperazine rings is 1. The lowest BCUT2D eigenvalue weighted by Gasteiger charge is -2.42. The molecule has 2 rings (SSSR count). The zero-order valence-electron chi connectivity index (χ0n) is 16.9. The van der Waals surface area contributed by atoms with Crippen LogP contribution in [0.25, 0.3) is 0 Å². The molecule has 1 saturated heterocycles. The van der Waals surface area contributed by atoms with Gasteiger partial charge >= 0.3 is 11.8 Å². The van der Waals surface area contributed by atoms with E-state index < -0.39 is 17.2 Å². The Bertz CT molecular complexity index is 813. The first-order valence-corrected chi connectivity index (χ1v) is 13.2. The number of nitrogens with zero attached hydrogens (tertiary/aromatic N) is 3. The summed E-state index contributed by atoms with van der Waals surface area (Å²) < 4.78 is 0. The van der Waals surface area contributed by atoms with Crippen LogP contribution in [-0.2, 0) is 14.4 Å².